The molecule has 1 heterocycles. The first kappa shape index (κ1) is 14.1. The molecule has 2 nitrogen and oxygen atoms in total. The fourth-order valence-corrected chi connectivity index (χ4v) is 3.11. The van der Waals surface area contributed by atoms with Crippen LogP contribution >= 0.6 is 0 Å². The van der Waals surface area contributed by atoms with Crippen LogP contribution in [0.15, 0.2) is 18.2 Å². The first-order chi connectivity index (χ1) is 8.69. The Morgan fingerprint density at radius 1 is 1.16 bits per heavy atom. The highest BCUT2D eigenvalue weighted by Gasteiger charge is 2.29. The Morgan fingerprint density at radius 2 is 1.84 bits per heavy atom. The molecule has 0 bridgehead atoms. The summed E-state index contributed by atoms with van der Waals surface area (Å²) < 4.78 is 5.54. The average molecular weight is 260 g/mol. The van der Waals surface area contributed by atoms with Crippen LogP contribution in [0.25, 0.3) is 0 Å². The van der Waals surface area contributed by atoms with E-state index in [1.807, 2.05) is 12.1 Å². The Labute approximate surface area is 116 Å². The number of Topliss-reactive ketones (excluding diaryl/α,β-unsaturated/α-hetero) is 1. The molecule has 19 heavy (non-hydrogen) atoms. The van der Waals surface area contributed by atoms with Crippen LogP contribution < -0.4 is 4.74 Å². The van der Waals surface area contributed by atoms with Crippen LogP contribution in [0.1, 0.15) is 63.4 Å². The third-order valence-electron chi connectivity index (χ3n) is 3.62. The molecule has 0 aliphatic carbocycles. The normalized spacial score (nSPS) is 15.9. The molecule has 0 unspecified atom stereocenters. The maximum absolute atomic E-state index is 12.0. The lowest BCUT2D eigenvalue weighted by Gasteiger charge is -2.33. The summed E-state index contributed by atoms with van der Waals surface area (Å²) in [5, 5.41) is 0. The van der Waals surface area contributed by atoms with Gasteiger partial charge in [0.1, 0.15) is 5.75 Å². The number of fused-ring (bicyclic) bond motifs is 1. The minimum Gasteiger partial charge on any atom is -0.492 e. The fourth-order valence-electron chi connectivity index (χ4n) is 3.11. The summed E-state index contributed by atoms with van der Waals surface area (Å²) in [6.07, 6.45) is 1.57. The van der Waals surface area contributed by atoms with Crippen molar-refractivity contribution in [1.82, 2.24) is 0 Å². The van der Waals surface area contributed by atoms with Crippen molar-refractivity contribution in [2.45, 2.75) is 52.9 Å². The minimum atomic E-state index is 0.0605. The summed E-state index contributed by atoms with van der Waals surface area (Å²) in [4.78, 5) is 12.0. The van der Waals surface area contributed by atoms with E-state index in [1.165, 1.54) is 5.56 Å². The molecule has 0 amide bonds. The summed E-state index contributed by atoms with van der Waals surface area (Å²) in [5.41, 5.74) is 2.30. The number of ether oxygens (including phenoxy) is 1. The van der Waals surface area contributed by atoms with Crippen LogP contribution in [0.2, 0.25) is 0 Å². The molecule has 0 saturated heterocycles. The smallest absolute Gasteiger partial charge is 0.170 e. The lowest BCUT2D eigenvalue weighted by molar-refractivity contribution is 0.0933. The molecular formula is C17H24O2. The summed E-state index contributed by atoms with van der Waals surface area (Å²) in [5.74, 6) is 0.946. The van der Waals surface area contributed by atoms with Gasteiger partial charge in [0.2, 0.25) is 0 Å². The van der Waals surface area contributed by atoms with Gasteiger partial charge in [-0.15, -0.1) is 0 Å². The third-order valence-corrected chi connectivity index (χ3v) is 3.62. The second-order valence-electron chi connectivity index (χ2n) is 7.35. The van der Waals surface area contributed by atoms with Gasteiger partial charge in [-0.25, -0.2) is 0 Å². The molecule has 0 fully saturated rings. The molecule has 104 valence electrons. The van der Waals surface area contributed by atoms with Gasteiger partial charge in [-0.1, -0.05) is 40.7 Å². The molecule has 0 saturated carbocycles. The van der Waals surface area contributed by atoms with E-state index in [1.54, 1.807) is 0 Å². The van der Waals surface area contributed by atoms with Gasteiger partial charge >= 0.3 is 0 Å². The van der Waals surface area contributed by atoms with Gasteiger partial charge in [-0.2, -0.15) is 0 Å². The molecule has 0 atom stereocenters. The lowest BCUT2D eigenvalue weighted by atomic mass is 9.72. The summed E-state index contributed by atoms with van der Waals surface area (Å²) in [7, 11) is 0. The number of rotatable bonds is 2. The van der Waals surface area contributed by atoms with Crippen molar-refractivity contribution < 1.29 is 9.53 Å². The van der Waals surface area contributed by atoms with Crippen molar-refractivity contribution in [3.05, 3.63) is 29.3 Å². The van der Waals surface area contributed by atoms with Crippen LogP contribution in [-0.2, 0) is 5.41 Å². The summed E-state index contributed by atoms with van der Waals surface area (Å²) >= 11 is 0. The zero-order chi connectivity index (χ0) is 14.3. The minimum absolute atomic E-state index is 0.0605. The highest BCUT2D eigenvalue weighted by atomic mass is 16.5. The predicted molar refractivity (Wildman–Crippen MR) is 78.0 cm³/mol. The zero-order valence-electron chi connectivity index (χ0n) is 12.7. The van der Waals surface area contributed by atoms with E-state index in [2.05, 4.69) is 40.7 Å². The number of carbonyl (C=O) groups excluding carboxylic acids is 1. The Hall–Kier alpha value is -1.31. The molecule has 1 aliphatic heterocycles. The molecule has 0 N–H and O–H groups in total. The van der Waals surface area contributed by atoms with Gasteiger partial charge in [-0.3, -0.25) is 4.79 Å². The van der Waals surface area contributed by atoms with Crippen LogP contribution in [0, 0.1) is 5.41 Å². The van der Waals surface area contributed by atoms with E-state index < -0.39 is 0 Å². The van der Waals surface area contributed by atoms with Gasteiger partial charge in [0, 0.05) is 6.42 Å². The van der Waals surface area contributed by atoms with Gasteiger partial charge in [-0.05, 0) is 34.9 Å². The maximum atomic E-state index is 12.0. The van der Waals surface area contributed by atoms with Crippen LogP contribution in [0.3, 0.4) is 0 Å². The van der Waals surface area contributed by atoms with Crippen molar-refractivity contribution in [3.8, 4) is 5.75 Å². The molecule has 0 radical (unpaired) electrons. The van der Waals surface area contributed by atoms with E-state index in [4.69, 9.17) is 4.74 Å². The zero-order valence-corrected chi connectivity index (χ0v) is 12.7. The second-order valence-corrected chi connectivity index (χ2v) is 7.35. The van der Waals surface area contributed by atoms with Crippen LogP contribution in [0.5, 0.6) is 5.75 Å². The topological polar surface area (TPSA) is 26.3 Å². The maximum Gasteiger partial charge on any atom is 0.170 e. The van der Waals surface area contributed by atoms with Crippen LogP contribution in [-0.4, -0.2) is 12.4 Å². The molecular weight excluding hydrogens is 236 g/mol. The first-order valence-electron chi connectivity index (χ1n) is 7.00. The van der Waals surface area contributed by atoms with Gasteiger partial charge in [0.05, 0.1) is 12.2 Å². The number of ketones is 1. The quantitative estimate of drug-likeness (QED) is 0.789. The van der Waals surface area contributed by atoms with E-state index >= 15 is 0 Å². The number of hydrogen-bond acceptors (Lipinski definition) is 2. The van der Waals surface area contributed by atoms with Crippen molar-refractivity contribution >= 4 is 5.78 Å². The Kier molecular flexibility index (Phi) is 3.46. The third kappa shape index (κ3) is 3.17. The Balaban J connectivity index is 2.36. The number of benzene rings is 1. The van der Waals surface area contributed by atoms with E-state index in [9.17, 15) is 4.79 Å². The molecule has 1 aromatic carbocycles. The van der Waals surface area contributed by atoms with Crippen LogP contribution in [0.4, 0.5) is 0 Å². The van der Waals surface area contributed by atoms with E-state index in [0.717, 1.165) is 17.7 Å². The highest BCUT2D eigenvalue weighted by molar-refractivity contribution is 5.99. The SMILES string of the molecule is CC(C)(C)CC(C)(C)c1ccc2c(c1)C(=O)CCO2. The highest BCUT2D eigenvalue weighted by Crippen LogP contribution is 2.38. The molecule has 0 spiro atoms. The predicted octanol–water partition coefficient (Wildman–Crippen LogP) is 4.37. The molecule has 0 aromatic heterocycles. The summed E-state index contributed by atoms with van der Waals surface area (Å²) in [6, 6.07) is 6.08. The number of carbonyl (C=O) groups is 1. The molecule has 1 aromatic rings. The molecule has 2 rings (SSSR count). The van der Waals surface area contributed by atoms with Crippen molar-refractivity contribution in [3.63, 3.8) is 0 Å². The van der Waals surface area contributed by atoms with Crippen molar-refractivity contribution in [2.24, 2.45) is 5.41 Å². The summed E-state index contributed by atoms with van der Waals surface area (Å²) in [6.45, 7) is 11.8. The lowest BCUT2D eigenvalue weighted by Crippen LogP contribution is -2.25. The monoisotopic (exact) mass is 260 g/mol. The van der Waals surface area contributed by atoms with Gasteiger partial charge < -0.3 is 4.74 Å². The van der Waals surface area contributed by atoms with Crippen molar-refractivity contribution in [2.75, 3.05) is 6.61 Å². The van der Waals surface area contributed by atoms with Gasteiger partial charge in [0.25, 0.3) is 0 Å². The average Bonchev–Trinajstić information content (AvgIpc) is 2.26. The Morgan fingerprint density at radius 3 is 2.47 bits per heavy atom. The molecule has 1 aliphatic rings. The van der Waals surface area contributed by atoms with E-state index in [0.29, 0.717) is 13.0 Å². The number of hydrogen-bond donors (Lipinski definition) is 0. The van der Waals surface area contributed by atoms with Crippen molar-refractivity contribution in [1.29, 1.82) is 0 Å². The fraction of sp³-hybridized carbons (Fsp3) is 0.588. The van der Waals surface area contributed by atoms with Gasteiger partial charge in [0.15, 0.2) is 5.78 Å². The second kappa shape index (κ2) is 4.66. The largest absolute Gasteiger partial charge is 0.492 e. The first-order valence-corrected chi connectivity index (χ1v) is 7.00. The standard InChI is InChI=1S/C17H24O2/c1-16(2,3)11-17(4,5)12-6-7-15-13(10-12)14(18)8-9-19-15/h6-7,10H,8-9,11H2,1-5H3. The molecule has 2 heteroatoms. The Bertz CT molecular complexity index is 492. The van der Waals surface area contributed by atoms with E-state index in [-0.39, 0.29) is 16.6 Å².